The molecule has 0 spiro atoms. The van der Waals surface area contributed by atoms with E-state index in [1.54, 1.807) is 6.07 Å². The van der Waals surface area contributed by atoms with E-state index in [4.69, 9.17) is 4.74 Å². The molecule has 2 unspecified atom stereocenters. The monoisotopic (exact) mass is 272 g/mol. The Labute approximate surface area is 95.6 Å². The summed E-state index contributed by atoms with van der Waals surface area (Å²) in [7, 11) is 0. The van der Waals surface area contributed by atoms with E-state index in [2.05, 4.69) is 15.9 Å². The van der Waals surface area contributed by atoms with E-state index in [9.17, 15) is 9.18 Å². The van der Waals surface area contributed by atoms with Gasteiger partial charge in [0.2, 0.25) is 0 Å². The molecule has 0 aromatic heterocycles. The van der Waals surface area contributed by atoms with Gasteiger partial charge >= 0.3 is 0 Å². The number of ether oxygens (including phenoxy) is 1. The number of aldehydes is 1. The number of carbonyl (C=O) groups is 1. The van der Waals surface area contributed by atoms with E-state index in [1.807, 2.05) is 6.07 Å². The normalized spacial score (nSPS) is 25.5. The highest BCUT2D eigenvalue weighted by atomic mass is 79.9. The number of benzene rings is 1. The molecule has 1 fully saturated rings. The van der Waals surface area contributed by atoms with Gasteiger partial charge in [-0.05, 0) is 40.4 Å². The summed E-state index contributed by atoms with van der Waals surface area (Å²) in [6.07, 6.45) is 1.74. The second-order valence-corrected chi connectivity index (χ2v) is 4.31. The van der Waals surface area contributed by atoms with Crippen molar-refractivity contribution < 1.29 is 13.9 Å². The maximum absolute atomic E-state index is 13.2. The van der Waals surface area contributed by atoms with Crippen LogP contribution in [0.3, 0.4) is 0 Å². The van der Waals surface area contributed by atoms with Crippen LogP contribution in [0.5, 0.6) is 0 Å². The fourth-order valence-corrected chi connectivity index (χ4v) is 2.28. The van der Waals surface area contributed by atoms with E-state index < -0.39 is 0 Å². The van der Waals surface area contributed by atoms with Gasteiger partial charge in [0.05, 0.1) is 10.6 Å². The lowest BCUT2D eigenvalue weighted by atomic mass is 10.1. The van der Waals surface area contributed by atoms with Gasteiger partial charge in [0.1, 0.15) is 18.2 Å². The minimum Gasteiger partial charge on any atom is -0.363 e. The molecule has 0 aliphatic carbocycles. The molecule has 0 amide bonds. The minimum absolute atomic E-state index is 0.176. The molecule has 1 saturated heterocycles. The number of carbonyl (C=O) groups excluding carboxylic acids is 1. The average molecular weight is 273 g/mol. The van der Waals surface area contributed by atoms with Crippen LogP contribution in [-0.2, 0) is 9.53 Å². The fourth-order valence-electron chi connectivity index (χ4n) is 1.76. The maximum Gasteiger partial charge on any atom is 0.148 e. The van der Waals surface area contributed by atoms with Crippen LogP contribution in [0, 0.1) is 5.82 Å². The lowest BCUT2D eigenvalue weighted by Crippen LogP contribution is -2.07. The molecule has 0 N–H and O–H groups in total. The van der Waals surface area contributed by atoms with Crippen molar-refractivity contribution in [2.75, 3.05) is 0 Å². The van der Waals surface area contributed by atoms with Crippen LogP contribution >= 0.6 is 15.9 Å². The van der Waals surface area contributed by atoms with Gasteiger partial charge in [0, 0.05) is 0 Å². The molecule has 15 heavy (non-hydrogen) atoms. The van der Waals surface area contributed by atoms with Gasteiger partial charge < -0.3 is 9.53 Å². The van der Waals surface area contributed by atoms with E-state index in [0.717, 1.165) is 18.3 Å². The number of hydrogen-bond donors (Lipinski definition) is 0. The number of hydrogen-bond acceptors (Lipinski definition) is 2. The lowest BCUT2D eigenvalue weighted by molar-refractivity contribution is -0.117. The Balaban J connectivity index is 2.24. The summed E-state index contributed by atoms with van der Waals surface area (Å²) in [4.78, 5) is 10.5. The van der Waals surface area contributed by atoms with Gasteiger partial charge in [-0.25, -0.2) is 4.39 Å². The molecular formula is C11H10BrFO2. The summed E-state index contributed by atoms with van der Waals surface area (Å²) in [6.45, 7) is 0. The van der Waals surface area contributed by atoms with Crippen molar-refractivity contribution in [1.82, 2.24) is 0 Å². The zero-order valence-electron chi connectivity index (χ0n) is 7.95. The first-order valence-electron chi connectivity index (χ1n) is 4.77. The molecule has 1 aliphatic rings. The van der Waals surface area contributed by atoms with Crippen molar-refractivity contribution in [2.45, 2.75) is 25.0 Å². The first-order chi connectivity index (χ1) is 7.22. The molecule has 2 rings (SSSR count). The number of rotatable bonds is 2. The summed E-state index contributed by atoms with van der Waals surface area (Å²) in [5, 5.41) is 0. The van der Waals surface area contributed by atoms with Crippen LogP contribution in [-0.4, -0.2) is 12.4 Å². The van der Waals surface area contributed by atoms with Crippen molar-refractivity contribution in [2.24, 2.45) is 0 Å². The Morgan fingerprint density at radius 1 is 1.47 bits per heavy atom. The fraction of sp³-hybridized carbons (Fsp3) is 0.364. The summed E-state index contributed by atoms with van der Waals surface area (Å²) in [6, 6.07) is 4.85. The molecule has 4 heteroatoms. The van der Waals surface area contributed by atoms with Gasteiger partial charge in [-0.2, -0.15) is 0 Å². The van der Waals surface area contributed by atoms with Gasteiger partial charge in [0.15, 0.2) is 0 Å². The third-order valence-corrected chi connectivity index (χ3v) is 3.37. The quantitative estimate of drug-likeness (QED) is 0.774. The van der Waals surface area contributed by atoms with E-state index in [0.29, 0.717) is 10.9 Å². The Morgan fingerprint density at radius 3 is 2.93 bits per heavy atom. The summed E-state index contributed by atoms with van der Waals surface area (Å²) in [5.74, 6) is -0.300. The van der Waals surface area contributed by atoms with Gasteiger partial charge in [0.25, 0.3) is 0 Å². The smallest absolute Gasteiger partial charge is 0.148 e. The van der Waals surface area contributed by atoms with Crippen LogP contribution in [0.4, 0.5) is 4.39 Å². The third-order valence-electron chi connectivity index (χ3n) is 2.53. The minimum atomic E-state index is -0.342. The molecule has 0 bridgehead atoms. The molecular weight excluding hydrogens is 263 g/mol. The van der Waals surface area contributed by atoms with Crippen LogP contribution < -0.4 is 0 Å². The second kappa shape index (κ2) is 4.41. The molecule has 1 aromatic rings. The zero-order chi connectivity index (χ0) is 10.8. The topological polar surface area (TPSA) is 26.3 Å². The van der Waals surface area contributed by atoms with E-state index in [1.165, 1.54) is 6.07 Å². The molecule has 0 radical (unpaired) electrons. The first-order valence-corrected chi connectivity index (χ1v) is 5.56. The molecule has 1 aliphatic heterocycles. The predicted molar refractivity (Wildman–Crippen MR) is 57.0 cm³/mol. The summed E-state index contributed by atoms with van der Waals surface area (Å²) >= 11 is 3.19. The van der Waals surface area contributed by atoms with Gasteiger partial charge in [-0.15, -0.1) is 0 Å². The van der Waals surface area contributed by atoms with Crippen molar-refractivity contribution >= 4 is 22.2 Å². The van der Waals surface area contributed by atoms with Crippen molar-refractivity contribution in [3.05, 3.63) is 34.1 Å². The van der Waals surface area contributed by atoms with Gasteiger partial charge in [-0.3, -0.25) is 0 Å². The van der Waals surface area contributed by atoms with Crippen molar-refractivity contribution in [1.29, 1.82) is 0 Å². The third kappa shape index (κ3) is 2.11. The lowest BCUT2D eigenvalue weighted by Gasteiger charge is -2.13. The summed E-state index contributed by atoms with van der Waals surface area (Å²) in [5.41, 5.74) is 0.777. The summed E-state index contributed by atoms with van der Waals surface area (Å²) < 4.78 is 19.1. The molecule has 2 nitrogen and oxygen atoms in total. The predicted octanol–water partition coefficient (Wildman–Crippen LogP) is 3.01. The first kappa shape index (κ1) is 10.8. The molecule has 0 saturated carbocycles. The molecule has 80 valence electrons. The Morgan fingerprint density at radius 2 is 2.27 bits per heavy atom. The van der Waals surface area contributed by atoms with Crippen LogP contribution in [0.15, 0.2) is 22.7 Å². The molecule has 1 aromatic carbocycles. The highest BCUT2D eigenvalue weighted by molar-refractivity contribution is 9.10. The largest absolute Gasteiger partial charge is 0.363 e. The highest BCUT2D eigenvalue weighted by Gasteiger charge is 2.27. The Bertz CT molecular complexity index is 381. The second-order valence-electron chi connectivity index (χ2n) is 3.52. The van der Waals surface area contributed by atoms with E-state index >= 15 is 0 Å². The average Bonchev–Trinajstić information content (AvgIpc) is 2.70. The molecule has 2 atom stereocenters. The Kier molecular flexibility index (Phi) is 3.17. The van der Waals surface area contributed by atoms with Crippen molar-refractivity contribution in [3.63, 3.8) is 0 Å². The zero-order valence-corrected chi connectivity index (χ0v) is 9.54. The van der Waals surface area contributed by atoms with Crippen molar-refractivity contribution in [3.8, 4) is 0 Å². The Hall–Kier alpha value is -0.740. The van der Waals surface area contributed by atoms with Crippen LogP contribution in [0.1, 0.15) is 24.5 Å². The van der Waals surface area contributed by atoms with Crippen LogP contribution in [0.25, 0.3) is 0 Å². The molecule has 1 heterocycles. The van der Waals surface area contributed by atoms with E-state index in [-0.39, 0.29) is 18.0 Å². The maximum atomic E-state index is 13.2. The SMILES string of the molecule is O=CC1CCC(c2cccc(F)c2Br)O1. The van der Waals surface area contributed by atoms with Gasteiger partial charge in [-0.1, -0.05) is 12.1 Å². The van der Waals surface area contributed by atoms with Crippen LogP contribution in [0.2, 0.25) is 0 Å². The number of halogens is 2. The standard InChI is InChI=1S/C11H10BrFO2/c12-11-8(2-1-3-9(11)13)10-5-4-7(6-14)15-10/h1-3,6-7,10H,4-5H2. The highest BCUT2D eigenvalue weighted by Crippen LogP contribution is 2.36.